The first kappa shape index (κ1) is 15.1. The van der Waals surface area contributed by atoms with Crippen molar-refractivity contribution in [1.82, 2.24) is 4.90 Å². The van der Waals surface area contributed by atoms with Gasteiger partial charge in [0.2, 0.25) is 0 Å². The molecule has 4 heteroatoms. The molecule has 0 bridgehead atoms. The molecule has 2 atom stereocenters. The number of nitrogens with zero attached hydrogens (tertiary/aromatic N) is 1. The summed E-state index contributed by atoms with van der Waals surface area (Å²) in [6.45, 7) is 6.78. The van der Waals surface area contributed by atoms with Gasteiger partial charge >= 0.3 is 0 Å². The number of likely N-dealkylation sites (tertiary alicyclic amines) is 1. The highest BCUT2D eigenvalue weighted by molar-refractivity contribution is 6.30. The molecular formula is C17H25ClN2O. The van der Waals surface area contributed by atoms with E-state index in [1.54, 1.807) is 0 Å². The predicted molar refractivity (Wildman–Crippen MR) is 86.9 cm³/mol. The van der Waals surface area contributed by atoms with Gasteiger partial charge in [0.25, 0.3) is 0 Å². The van der Waals surface area contributed by atoms with Gasteiger partial charge in [-0.15, -0.1) is 0 Å². The zero-order chi connectivity index (χ0) is 15.0. The highest BCUT2D eigenvalue weighted by Gasteiger charge is 2.41. The van der Waals surface area contributed by atoms with Crippen molar-refractivity contribution in [2.24, 2.45) is 5.73 Å². The quantitative estimate of drug-likeness (QED) is 0.858. The average molecular weight is 309 g/mol. The number of hydrogen-bond donors (Lipinski definition) is 1. The molecule has 1 aromatic rings. The van der Waals surface area contributed by atoms with Gasteiger partial charge in [-0.25, -0.2) is 0 Å². The molecule has 0 aliphatic carbocycles. The third-order valence-corrected chi connectivity index (χ3v) is 5.19. The molecule has 0 saturated carbocycles. The molecule has 3 rings (SSSR count). The van der Waals surface area contributed by atoms with Crippen LogP contribution in [0.3, 0.4) is 0 Å². The topological polar surface area (TPSA) is 38.5 Å². The van der Waals surface area contributed by atoms with Crippen molar-refractivity contribution in [2.45, 2.75) is 57.2 Å². The van der Waals surface area contributed by atoms with E-state index in [4.69, 9.17) is 22.1 Å². The van der Waals surface area contributed by atoms with E-state index in [0.29, 0.717) is 6.04 Å². The van der Waals surface area contributed by atoms with Crippen molar-refractivity contribution in [1.29, 1.82) is 0 Å². The molecule has 1 aromatic carbocycles. The van der Waals surface area contributed by atoms with E-state index >= 15 is 0 Å². The van der Waals surface area contributed by atoms with E-state index in [1.165, 1.54) is 6.42 Å². The number of nitrogens with two attached hydrogens (primary N) is 1. The first-order valence-corrected chi connectivity index (χ1v) is 8.35. The monoisotopic (exact) mass is 308 g/mol. The highest BCUT2D eigenvalue weighted by Crippen LogP contribution is 2.44. The normalized spacial score (nSPS) is 30.0. The Kier molecular flexibility index (Phi) is 4.17. The molecule has 1 spiro atoms. The van der Waals surface area contributed by atoms with E-state index in [9.17, 15) is 0 Å². The Morgan fingerprint density at radius 2 is 2.14 bits per heavy atom. The summed E-state index contributed by atoms with van der Waals surface area (Å²) in [5.41, 5.74) is 7.37. The molecule has 1 unspecified atom stereocenters. The lowest BCUT2D eigenvalue weighted by Crippen LogP contribution is -2.44. The van der Waals surface area contributed by atoms with Crippen LogP contribution in [-0.4, -0.2) is 29.6 Å². The van der Waals surface area contributed by atoms with Crippen LogP contribution in [0.5, 0.6) is 5.75 Å². The highest BCUT2D eigenvalue weighted by atomic mass is 35.5. The first-order chi connectivity index (χ1) is 9.99. The van der Waals surface area contributed by atoms with E-state index in [2.05, 4.69) is 18.7 Å². The van der Waals surface area contributed by atoms with E-state index in [-0.39, 0.29) is 11.6 Å². The van der Waals surface area contributed by atoms with E-state index in [0.717, 1.165) is 48.7 Å². The minimum atomic E-state index is -0.0934. The molecule has 2 aliphatic heterocycles. The second-order valence-corrected chi connectivity index (χ2v) is 7.20. The maximum Gasteiger partial charge on any atom is 0.125 e. The predicted octanol–water partition coefficient (Wildman–Crippen LogP) is 3.76. The summed E-state index contributed by atoms with van der Waals surface area (Å²) < 4.78 is 6.43. The van der Waals surface area contributed by atoms with Crippen LogP contribution in [0.4, 0.5) is 0 Å². The van der Waals surface area contributed by atoms with Crippen LogP contribution in [-0.2, 0) is 0 Å². The van der Waals surface area contributed by atoms with Crippen LogP contribution in [0, 0.1) is 0 Å². The maximum atomic E-state index is 6.43. The Hall–Kier alpha value is -0.770. The summed E-state index contributed by atoms with van der Waals surface area (Å²) in [5, 5.41) is 0.732. The van der Waals surface area contributed by atoms with Gasteiger partial charge in [-0.2, -0.15) is 0 Å². The minimum absolute atomic E-state index is 0.0260. The lowest BCUT2D eigenvalue weighted by Gasteiger charge is -2.41. The molecule has 0 radical (unpaired) electrons. The molecule has 2 N–H and O–H groups in total. The number of hydrogen-bond acceptors (Lipinski definition) is 3. The van der Waals surface area contributed by atoms with Gasteiger partial charge < -0.3 is 15.4 Å². The van der Waals surface area contributed by atoms with Gasteiger partial charge in [0.1, 0.15) is 11.4 Å². The zero-order valence-electron chi connectivity index (χ0n) is 12.9. The standard InChI is InChI=1S/C17H25ClN2O/c1-12(2)20-8-3-6-17(7-9-20)11-15(19)14-10-13(18)4-5-16(14)21-17/h4-5,10,12,15H,3,6-9,11,19H2,1-2H3/t15-,17?/m1/s1. The molecule has 2 aliphatic rings. The molecule has 2 heterocycles. The van der Waals surface area contributed by atoms with E-state index in [1.807, 2.05) is 18.2 Å². The molecule has 3 nitrogen and oxygen atoms in total. The Balaban J connectivity index is 1.82. The van der Waals surface area contributed by atoms with Gasteiger partial charge in [-0.1, -0.05) is 11.6 Å². The summed E-state index contributed by atoms with van der Waals surface area (Å²) in [7, 11) is 0. The van der Waals surface area contributed by atoms with Gasteiger partial charge in [-0.3, -0.25) is 0 Å². The zero-order valence-corrected chi connectivity index (χ0v) is 13.7. The molecule has 0 aromatic heterocycles. The summed E-state index contributed by atoms with van der Waals surface area (Å²) in [4.78, 5) is 2.54. The Morgan fingerprint density at radius 3 is 2.90 bits per heavy atom. The van der Waals surface area contributed by atoms with Gasteiger partial charge in [0.05, 0.1) is 0 Å². The number of fused-ring (bicyclic) bond motifs is 1. The average Bonchev–Trinajstić information content (AvgIpc) is 2.63. The number of benzene rings is 1. The summed E-state index contributed by atoms with van der Waals surface area (Å²) in [6, 6.07) is 6.44. The lowest BCUT2D eigenvalue weighted by molar-refractivity contribution is 0.0210. The fourth-order valence-corrected chi connectivity index (χ4v) is 3.88. The molecule has 0 amide bonds. The van der Waals surface area contributed by atoms with Crippen LogP contribution >= 0.6 is 11.6 Å². The minimum Gasteiger partial charge on any atom is -0.487 e. The first-order valence-electron chi connectivity index (χ1n) is 7.97. The van der Waals surface area contributed by atoms with Crippen LogP contribution < -0.4 is 10.5 Å². The largest absolute Gasteiger partial charge is 0.487 e. The third-order valence-electron chi connectivity index (χ3n) is 4.95. The summed E-state index contributed by atoms with van der Waals surface area (Å²) in [5.74, 6) is 0.927. The summed E-state index contributed by atoms with van der Waals surface area (Å²) >= 11 is 6.08. The SMILES string of the molecule is CC(C)N1CCCC2(CC1)C[C@@H](N)c1cc(Cl)ccc1O2. The summed E-state index contributed by atoms with van der Waals surface area (Å²) in [6.07, 6.45) is 4.22. The number of ether oxygens (including phenoxy) is 1. The van der Waals surface area contributed by atoms with Gasteiger partial charge in [0, 0.05) is 35.6 Å². The number of rotatable bonds is 1. The van der Waals surface area contributed by atoms with Crippen molar-refractivity contribution in [3.8, 4) is 5.75 Å². The van der Waals surface area contributed by atoms with Crippen molar-refractivity contribution >= 4 is 11.6 Å². The van der Waals surface area contributed by atoms with Crippen LogP contribution in [0.25, 0.3) is 0 Å². The van der Waals surface area contributed by atoms with E-state index < -0.39 is 0 Å². The molecule has 116 valence electrons. The fraction of sp³-hybridized carbons (Fsp3) is 0.647. The van der Waals surface area contributed by atoms with Crippen LogP contribution in [0.1, 0.15) is 51.1 Å². The maximum absolute atomic E-state index is 6.43. The lowest BCUT2D eigenvalue weighted by atomic mass is 9.82. The second-order valence-electron chi connectivity index (χ2n) is 6.76. The third kappa shape index (κ3) is 3.05. The second kappa shape index (κ2) is 5.79. The Labute approximate surface area is 132 Å². The van der Waals surface area contributed by atoms with Gasteiger partial charge in [-0.05, 0) is 57.9 Å². The van der Waals surface area contributed by atoms with Gasteiger partial charge in [0.15, 0.2) is 0 Å². The van der Waals surface area contributed by atoms with Crippen molar-refractivity contribution in [2.75, 3.05) is 13.1 Å². The molecule has 1 saturated heterocycles. The number of halogens is 1. The van der Waals surface area contributed by atoms with Crippen molar-refractivity contribution < 1.29 is 4.74 Å². The van der Waals surface area contributed by atoms with Crippen LogP contribution in [0.15, 0.2) is 18.2 Å². The molecular weight excluding hydrogens is 284 g/mol. The Bertz CT molecular complexity index is 520. The van der Waals surface area contributed by atoms with Crippen molar-refractivity contribution in [3.05, 3.63) is 28.8 Å². The van der Waals surface area contributed by atoms with Crippen molar-refractivity contribution in [3.63, 3.8) is 0 Å². The molecule has 21 heavy (non-hydrogen) atoms. The molecule has 1 fully saturated rings. The van der Waals surface area contributed by atoms with Crippen LogP contribution in [0.2, 0.25) is 5.02 Å². The Morgan fingerprint density at radius 1 is 1.33 bits per heavy atom. The smallest absolute Gasteiger partial charge is 0.125 e. The fourth-order valence-electron chi connectivity index (χ4n) is 3.70.